The highest BCUT2D eigenvalue weighted by atomic mass is 32.2. The van der Waals surface area contributed by atoms with Crippen molar-refractivity contribution in [2.24, 2.45) is 0 Å². The molecule has 174 valence electrons. The molecule has 0 unspecified atom stereocenters. The lowest BCUT2D eigenvalue weighted by molar-refractivity contribution is -0.116. The topological polar surface area (TPSA) is 90.3 Å². The van der Waals surface area contributed by atoms with Gasteiger partial charge in [0.05, 0.1) is 16.7 Å². The number of para-hydroxylation sites is 1. The number of anilines is 1. The molecule has 8 heteroatoms. The van der Waals surface area contributed by atoms with Gasteiger partial charge in [0.2, 0.25) is 5.91 Å². The van der Waals surface area contributed by atoms with Crippen molar-refractivity contribution in [3.8, 4) is 0 Å². The molecule has 7 nitrogen and oxygen atoms in total. The monoisotopic (exact) mass is 467 g/mol. The van der Waals surface area contributed by atoms with Crippen LogP contribution in [-0.4, -0.2) is 40.2 Å². The Morgan fingerprint density at radius 2 is 1.85 bits per heavy atom. The van der Waals surface area contributed by atoms with Gasteiger partial charge < -0.3 is 10.1 Å². The van der Waals surface area contributed by atoms with E-state index in [0.717, 1.165) is 6.42 Å². The number of ketones is 1. The summed E-state index contributed by atoms with van der Waals surface area (Å²) in [5.41, 5.74) is 1.71. The van der Waals surface area contributed by atoms with E-state index in [1.165, 1.54) is 11.8 Å². The van der Waals surface area contributed by atoms with Crippen LogP contribution >= 0.6 is 11.8 Å². The summed E-state index contributed by atoms with van der Waals surface area (Å²) in [7, 11) is 0. The lowest BCUT2D eigenvalue weighted by Crippen LogP contribution is -2.24. The number of hydrogen-bond acceptors (Lipinski definition) is 6. The van der Waals surface area contributed by atoms with Gasteiger partial charge in [0, 0.05) is 37.4 Å². The number of aromatic nitrogens is 2. The van der Waals surface area contributed by atoms with Crippen molar-refractivity contribution >= 4 is 40.0 Å². The number of rotatable bonds is 12. The number of ether oxygens (including phenoxy) is 1. The van der Waals surface area contributed by atoms with Crippen molar-refractivity contribution < 1.29 is 14.3 Å². The molecular weight excluding hydrogens is 438 g/mol. The van der Waals surface area contributed by atoms with Crippen molar-refractivity contribution in [2.75, 3.05) is 24.3 Å². The Kier molecular flexibility index (Phi) is 9.21. The molecule has 0 bridgehead atoms. The van der Waals surface area contributed by atoms with Crippen LogP contribution in [0.3, 0.4) is 0 Å². The number of thioether (sulfide) groups is 1. The van der Waals surface area contributed by atoms with Crippen LogP contribution in [0.25, 0.3) is 10.9 Å². The maximum atomic E-state index is 13.0. The van der Waals surface area contributed by atoms with Crippen LogP contribution in [-0.2, 0) is 16.1 Å². The number of benzene rings is 2. The minimum absolute atomic E-state index is 0.0446. The van der Waals surface area contributed by atoms with Crippen molar-refractivity contribution in [1.29, 1.82) is 0 Å². The zero-order valence-electron chi connectivity index (χ0n) is 19.0. The molecule has 0 aliphatic rings. The number of fused-ring (bicyclic) bond motifs is 1. The normalized spacial score (nSPS) is 11.0. The third kappa shape index (κ3) is 6.76. The van der Waals surface area contributed by atoms with Crippen LogP contribution < -0.4 is 10.9 Å². The van der Waals surface area contributed by atoms with E-state index in [1.807, 2.05) is 26.0 Å². The third-order valence-corrected chi connectivity index (χ3v) is 5.98. The molecule has 0 atom stereocenters. The molecule has 1 heterocycles. The van der Waals surface area contributed by atoms with Crippen LogP contribution in [0.15, 0.2) is 58.5 Å². The molecule has 33 heavy (non-hydrogen) atoms. The minimum atomic E-state index is -0.112. The number of carbonyl (C=O) groups is 2. The second kappa shape index (κ2) is 12.3. The number of Topliss-reactive ketones (excluding diaryl/α,β-unsaturated/α-hetero) is 1. The summed E-state index contributed by atoms with van der Waals surface area (Å²) in [5, 5.41) is 3.89. The number of carbonyl (C=O) groups excluding carboxylic acids is 2. The predicted molar refractivity (Wildman–Crippen MR) is 132 cm³/mol. The van der Waals surface area contributed by atoms with E-state index in [9.17, 15) is 14.4 Å². The zero-order chi connectivity index (χ0) is 23.6. The second-order valence-electron chi connectivity index (χ2n) is 7.51. The summed E-state index contributed by atoms with van der Waals surface area (Å²) in [4.78, 5) is 42.2. The molecule has 3 rings (SSSR count). The average molecular weight is 468 g/mol. The first-order valence-electron chi connectivity index (χ1n) is 11.2. The maximum absolute atomic E-state index is 13.0. The van der Waals surface area contributed by atoms with Gasteiger partial charge in [-0.15, -0.1) is 0 Å². The fourth-order valence-electron chi connectivity index (χ4n) is 3.33. The lowest BCUT2D eigenvalue weighted by atomic mass is 10.1. The van der Waals surface area contributed by atoms with Gasteiger partial charge in [0.1, 0.15) is 0 Å². The minimum Gasteiger partial charge on any atom is -0.382 e. The first-order chi connectivity index (χ1) is 16.0. The Bertz CT molecular complexity index is 1160. The van der Waals surface area contributed by atoms with Crippen LogP contribution in [0.4, 0.5) is 5.69 Å². The molecule has 3 aromatic rings. The highest BCUT2D eigenvalue weighted by Crippen LogP contribution is 2.20. The van der Waals surface area contributed by atoms with Crippen molar-refractivity contribution in [1.82, 2.24) is 9.55 Å². The number of nitrogens with one attached hydrogen (secondary N) is 1. The van der Waals surface area contributed by atoms with Gasteiger partial charge in [0.25, 0.3) is 5.56 Å². The Balaban J connectivity index is 1.73. The first-order valence-corrected chi connectivity index (χ1v) is 12.1. The molecular formula is C25H29N3O4S. The summed E-state index contributed by atoms with van der Waals surface area (Å²) < 4.78 is 7.03. The quantitative estimate of drug-likeness (QED) is 0.182. The largest absolute Gasteiger partial charge is 0.382 e. The van der Waals surface area contributed by atoms with Crippen LogP contribution in [0.1, 0.15) is 43.5 Å². The Hall–Kier alpha value is -2.97. The SMILES string of the molecule is CCCC(=O)Nc1ccc(C(=O)CSc2nc3ccccc3c(=O)n2CCCOCC)cc1. The average Bonchev–Trinajstić information content (AvgIpc) is 2.82. The molecule has 1 N–H and O–H groups in total. The molecule has 1 amide bonds. The standard InChI is InChI=1S/C25H29N3O4S/c1-3-8-23(30)26-19-13-11-18(12-14-19)22(29)17-33-25-27-21-10-6-5-9-20(21)24(31)28(25)15-7-16-32-4-2/h5-6,9-14H,3-4,7-8,15-17H2,1-2H3,(H,26,30). The van der Waals surface area contributed by atoms with E-state index >= 15 is 0 Å². The van der Waals surface area contributed by atoms with Crippen molar-refractivity contribution in [3.05, 3.63) is 64.4 Å². The van der Waals surface area contributed by atoms with E-state index in [1.54, 1.807) is 41.0 Å². The van der Waals surface area contributed by atoms with E-state index in [4.69, 9.17) is 4.74 Å². The summed E-state index contributed by atoms with van der Waals surface area (Å²) >= 11 is 1.26. The molecule has 0 fully saturated rings. The second-order valence-corrected chi connectivity index (χ2v) is 8.45. The molecule has 0 aliphatic heterocycles. The number of amides is 1. The molecule has 0 saturated heterocycles. The fraction of sp³-hybridized carbons (Fsp3) is 0.360. The van der Waals surface area contributed by atoms with E-state index in [-0.39, 0.29) is 23.0 Å². The summed E-state index contributed by atoms with van der Waals surface area (Å²) in [6.07, 6.45) is 1.92. The first kappa shape index (κ1) is 24.7. The van der Waals surface area contributed by atoms with Crippen molar-refractivity contribution in [2.45, 2.75) is 44.8 Å². The fourth-order valence-corrected chi connectivity index (χ4v) is 4.25. The molecule has 0 saturated carbocycles. The highest BCUT2D eigenvalue weighted by molar-refractivity contribution is 7.99. The zero-order valence-corrected chi connectivity index (χ0v) is 19.8. The number of nitrogens with zero attached hydrogens (tertiary/aromatic N) is 2. The summed E-state index contributed by atoms with van der Waals surface area (Å²) in [6.45, 7) is 5.53. The smallest absolute Gasteiger partial charge is 0.262 e. The van der Waals surface area contributed by atoms with Gasteiger partial charge in [-0.25, -0.2) is 4.98 Å². The lowest BCUT2D eigenvalue weighted by Gasteiger charge is -2.13. The highest BCUT2D eigenvalue weighted by Gasteiger charge is 2.14. The van der Waals surface area contributed by atoms with E-state index < -0.39 is 0 Å². The van der Waals surface area contributed by atoms with Gasteiger partial charge in [-0.3, -0.25) is 19.0 Å². The molecule has 0 radical (unpaired) electrons. The van der Waals surface area contributed by atoms with Crippen LogP contribution in [0, 0.1) is 0 Å². The summed E-state index contributed by atoms with van der Waals surface area (Å²) in [5.74, 6) is 0.0316. The van der Waals surface area contributed by atoms with Crippen LogP contribution in [0.5, 0.6) is 0 Å². The Morgan fingerprint density at radius 3 is 2.58 bits per heavy atom. The van der Waals surface area contributed by atoms with Crippen LogP contribution in [0.2, 0.25) is 0 Å². The third-order valence-electron chi connectivity index (χ3n) is 5.00. The molecule has 0 aliphatic carbocycles. The van der Waals surface area contributed by atoms with Crippen molar-refractivity contribution in [3.63, 3.8) is 0 Å². The van der Waals surface area contributed by atoms with Gasteiger partial charge in [-0.2, -0.15) is 0 Å². The van der Waals surface area contributed by atoms with E-state index in [2.05, 4.69) is 10.3 Å². The van der Waals surface area contributed by atoms with Gasteiger partial charge in [-0.1, -0.05) is 30.8 Å². The molecule has 0 spiro atoms. The van der Waals surface area contributed by atoms with Gasteiger partial charge in [0.15, 0.2) is 10.9 Å². The molecule has 1 aromatic heterocycles. The Labute approximate surface area is 197 Å². The molecule has 2 aromatic carbocycles. The van der Waals surface area contributed by atoms with Gasteiger partial charge in [-0.05, 0) is 56.2 Å². The maximum Gasteiger partial charge on any atom is 0.262 e. The Morgan fingerprint density at radius 1 is 1.09 bits per heavy atom. The predicted octanol–water partition coefficient (Wildman–Crippen LogP) is 4.54. The van der Waals surface area contributed by atoms with Gasteiger partial charge >= 0.3 is 0 Å². The van der Waals surface area contributed by atoms with E-state index in [0.29, 0.717) is 59.9 Å². The summed E-state index contributed by atoms with van der Waals surface area (Å²) in [6, 6.07) is 14.1. The number of hydrogen-bond donors (Lipinski definition) is 1.